The summed E-state index contributed by atoms with van der Waals surface area (Å²) in [6, 6.07) is 3.97. The standard InChI is InChI=1S/C13H17NO3S2/c1-9-7-14(5-4-10(9)13(16)17)11(15)8-19-12-3-2-6-18-12/h2-3,6,9-10H,4-5,7-8H2,1H3,(H,16,17). The minimum absolute atomic E-state index is 0.0296. The Morgan fingerprint density at radius 3 is 2.95 bits per heavy atom. The molecule has 4 nitrogen and oxygen atoms in total. The average Bonchev–Trinajstić information content (AvgIpc) is 2.88. The molecule has 0 aliphatic carbocycles. The molecule has 1 aromatic heterocycles. The maximum Gasteiger partial charge on any atom is 0.306 e. The van der Waals surface area contributed by atoms with Crippen LogP contribution in [0.1, 0.15) is 13.3 Å². The second kappa shape index (κ2) is 6.43. The van der Waals surface area contributed by atoms with Crippen molar-refractivity contribution in [2.45, 2.75) is 17.6 Å². The predicted octanol–water partition coefficient (Wildman–Crippen LogP) is 2.41. The molecule has 1 N–H and O–H groups in total. The first kappa shape index (κ1) is 14.4. The van der Waals surface area contributed by atoms with E-state index >= 15 is 0 Å². The Kier molecular flexibility index (Phi) is 4.87. The van der Waals surface area contributed by atoms with E-state index in [9.17, 15) is 9.59 Å². The number of amides is 1. The fraction of sp³-hybridized carbons (Fsp3) is 0.538. The maximum atomic E-state index is 12.1. The molecule has 1 amide bonds. The molecule has 0 saturated carbocycles. The third-order valence-electron chi connectivity index (χ3n) is 3.41. The van der Waals surface area contributed by atoms with Gasteiger partial charge in [0.05, 0.1) is 15.9 Å². The van der Waals surface area contributed by atoms with Crippen molar-refractivity contribution in [1.29, 1.82) is 0 Å². The lowest BCUT2D eigenvalue weighted by Crippen LogP contribution is -2.45. The lowest BCUT2D eigenvalue weighted by Gasteiger charge is -2.34. The second-order valence-electron chi connectivity index (χ2n) is 4.77. The van der Waals surface area contributed by atoms with Gasteiger partial charge in [0.15, 0.2) is 0 Å². The van der Waals surface area contributed by atoms with Gasteiger partial charge in [-0.3, -0.25) is 9.59 Å². The number of thiophene rings is 1. The molecule has 0 bridgehead atoms. The van der Waals surface area contributed by atoms with E-state index in [1.165, 1.54) is 0 Å². The summed E-state index contributed by atoms with van der Waals surface area (Å²) in [7, 11) is 0. The van der Waals surface area contributed by atoms with Crippen LogP contribution in [0.15, 0.2) is 21.7 Å². The van der Waals surface area contributed by atoms with Crippen LogP contribution in [0.4, 0.5) is 0 Å². The number of carbonyl (C=O) groups is 2. The molecule has 1 aromatic rings. The first-order chi connectivity index (χ1) is 9.08. The first-order valence-corrected chi connectivity index (χ1v) is 8.11. The van der Waals surface area contributed by atoms with Gasteiger partial charge in [-0.2, -0.15) is 0 Å². The highest BCUT2D eigenvalue weighted by molar-refractivity contribution is 8.01. The Labute approximate surface area is 120 Å². The average molecular weight is 299 g/mol. The number of thioether (sulfide) groups is 1. The molecule has 2 atom stereocenters. The summed E-state index contributed by atoms with van der Waals surface area (Å²) in [4.78, 5) is 24.9. The van der Waals surface area contributed by atoms with E-state index in [0.29, 0.717) is 25.3 Å². The van der Waals surface area contributed by atoms with Gasteiger partial charge in [-0.15, -0.1) is 23.1 Å². The van der Waals surface area contributed by atoms with E-state index in [1.54, 1.807) is 28.0 Å². The van der Waals surface area contributed by atoms with Gasteiger partial charge < -0.3 is 10.0 Å². The molecule has 1 aliphatic rings. The lowest BCUT2D eigenvalue weighted by molar-refractivity contribution is -0.147. The molecular formula is C13H17NO3S2. The zero-order chi connectivity index (χ0) is 13.8. The molecule has 0 radical (unpaired) electrons. The van der Waals surface area contributed by atoms with E-state index < -0.39 is 5.97 Å². The summed E-state index contributed by atoms with van der Waals surface area (Å²) in [5.41, 5.74) is 0. The van der Waals surface area contributed by atoms with E-state index in [0.717, 1.165) is 4.21 Å². The van der Waals surface area contributed by atoms with Crippen LogP contribution in [0.25, 0.3) is 0 Å². The van der Waals surface area contributed by atoms with Crippen molar-refractivity contribution in [3.8, 4) is 0 Å². The van der Waals surface area contributed by atoms with Gasteiger partial charge in [-0.05, 0) is 23.8 Å². The van der Waals surface area contributed by atoms with Crippen molar-refractivity contribution in [2.75, 3.05) is 18.8 Å². The topological polar surface area (TPSA) is 57.6 Å². The highest BCUT2D eigenvalue weighted by Crippen LogP contribution is 2.26. The molecule has 0 spiro atoms. The molecule has 2 heterocycles. The number of carboxylic acid groups (broad SMARTS) is 1. The molecule has 19 heavy (non-hydrogen) atoms. The van der Waals surface area contributed by atoms with Crippen LogP contribution in [-0.4, -0.2) is 40.7 Å². The first-order valence-electron chi connectivity index (χ1n) is 6.25. The highest BCUT2D eigenvalue weighted by atomic mass is 32.2. The quantitative estimate of drug-likeness (QED) is 0.867. The summed E-state index contributed by atoms with van der Waals surface area (Å²) in [5, 5.41) is 11.0. The molecule has 1 saturated heterocycles. The highest BCUT2D eigenvalue weighted by Gasteiger charge is 2.32. The smallest absolute Gasteiger partial charge is 0.306 e. The SMILES string of the molecule is CC1CN(C(=O)CSc2cccs2)CCC1C(=O)O. The van der Waals surface area contributed by atoms with Gasteiger partial charge in [0, 0.05) is 13.1 Å². The number of carbonyl (C=O) groups excluding carboxylic acids is 1. The van der Waals surface area contributed by atoms with Gasteiger partial charge >= 0.3 is 5.97 Å². The van der Waals surface area contributed by atoms with Crippen molar-refractivity contribution >= 4 is 35.0 Å². The van der Waals surface area contributed by atoms with Crippen molar-refractivity contribution in [1.82, 2.24) is 4.90 Å². The monoisotopic (exact) mass is 299 g/mol. The molecule has 0 aromatic carbocycles. The van der Waals surface area contributed by atoms with Crippen LogP contribution >= 0.6 is 23.1 Å². The van der Waals surface area contributed by atoms with Gasteiger partial charge in [0.2, 0.25) is 5.91 Å². The van der Waals surface area contributed by atoms with Crippen molar-refractivity contribution in [3.63, 3.8) is 0 Å². The van der Waals surface area contributed by atoms with Crippen LogP contribution < -0.4 is 0 Å². The maximum absolute atomic E-state index is 12.1. The number of carboxylic acids is 1. The Balaban J connectivity index is 1.82. The number of rotatable bonds is 4. The summed E-state index contributed by atoms with van der Waals surface area (Å²) in [6.45, 7) is 3.02. The van der Waals surface area contributed by atoms with E-state index in [4.69, 9.17) is 5.11 Å². The minimum atomic E-state index is -0.743. The fourth-order valence-corrected chi connectivity index (χ4v) is 4.00. The summed E-state index contributed by atoms with van der Waals surface area (Å²) in [6.07, 6.45) is 0.561. The van der Waals surface area contributed by atoms with Crippen LogP contribution in [-0.2, 0) is 9.59 Å². The minimum Gasteiger partial charge on any atom is -0.481 e. The van der Waals surface area contributed by atoms with Crippen LogP contribution in [0, 0.1) is 11.8 Å². The van der Waals surface area contributed by atoms with Crippen LogP contribution in [0.2, 0.25) is 0 Å². The predicted molar refractivity (Wildman–Crippen MR) is 76.5 cm³/mol. The number of piperidine rings is 1. The number of hydrogen-bond donors (Lipinski definition) is 1. The molecule has 2 unspecified atom stereocenters. The lowest BCUT2D eigenvalue weighted by atomic mass is 9.87. The molecular weight excluding hydrogens is 282 g/mol. The number of likely N-dealkylation sites (tertiary alicyclic amines) is 1. The van der Waals surface area contributed by atoms with Crippen molar-refractivity contribution < 1.29 is 14.7 Å². The Hall–Kier alpha value is -1.01. The zero-order valence-electron chi connectivity index (χ0n) is 10.7. The third kappa shape index (κ3) is 3.73. The van der Waals surface area contributed by atoms with Crippen molar-refractivity contribution in [2.24, 2.45) is 11.8 Å². The molecule has 1 fully saturated rings. The molecule has 104 valence electrons. The zero-order valence-corrected chi connectivity index (χ0v) is 12.4. The normalized spacial score (nSPS) is 23.3. The summed E-state index contributed by atoms with van der Waals surface area (Å²) in [5.74, 6) is -0.483. The molecule has 1 aliphatic heterocycles. The van der Waals surface area contributed by atoms with Crippen molar-refractivity contribution in [3.05, 3.63) is 17.5 Å². The largest absolute Gasteiger partial charge is 0.481 e. The summed E-state index contributed by atoms with van der Waals surface area (Å²) >= 11 is 3.18. The Morgan fingerprint density at radius 2 is 2.37 bits per heavy atom. The van der Waals surface area contributed by atoms with Gasteiger partial charge in [0.1, 0.15) is 0 Å². The third-order valence-corrected chi connectivity index (χ3v) is 5.52. The van der Waals surface area contributed by atoms with E-state index in [-0.39, 0.29) is 17.7 Å². The number of hydrogen-bond acceptors (Lipinski definition) is 4. The van der Waals surface area contributed by atoms with Crippen LogP contribution in [0.3, 0.4) is 0 Å². The van der Waals surface area contributed by atoms with E-state index in [1.807, 2.05) is 24.4 Å². The number of aliphatic carboxylic acids is 1. The van der Waals surface area contributed by atoms with Gasteiger partial charge in [-0.1, -0.05) is 13.0 Å². The Morgan fingerprint density at radius 1 is 1.58 bits per heavy atom. The van der Waals surface area contributed by atoms with E-state index in [2.05, 4.69) is 0 Å². The van der Waals surface area contributed by atoms with Crippen LogP contribution in [0.5, 0.6) is 0 Å². The number of nitrogens with zero attached hydrogens (tertiary/aromatic N) is 1. The fourth-order valence-electron chi connectivity index (χ4n) is 2.31. The summed E-state index contributed by atoms with van der Waals surface area (Å²) < 4.78 is 1.14. The molecule has 6 heteroatoms. The molecule has 2 rings (SSSR count). The van der Waals surface area contributed by atoms with Gasteiger partial charge in [-0.25, -0.2) is 0 Å². The van der Waals surface area contributed by atoms with Gasteiger partial charge in [0.25, 0.3) is 0 Å². The second-order valence-corrected chi connectivity index (χ2v) is 6.99. The Bertz CT molecular complexity index is 447.